The quantitative estimate of drug-likeness (QED) is 0.866. The number of sulfonamides is 1. The molecule has 1 aromatic carbocycles. The van der Waals surface area contributed by atoms with Crippen molar-refractivity contribution in [2.24, 2.45) is 0 Å². The number of hydrogen-bond acceptors (Lipinski definition) is 4. The maximum atomic E-state index is 12.9. The second kappa shape index (κ2) is 6.96. The van der Waals surface area contributed by atoms with Crippen LogP contribution in [-0.2, 0) is 10.0 Å². The molecule has 0 spiro atoms. The van der Waals surface area contributed by atoms with E-state index in [1.54, 1.807) is 16.4 Å². The molecule has 0 bridgehead atoms. The highest BCUT2D eigenvalue weighted by atomic mass is 35.5. The maximum absolute atomic E-state index is 12.9. The topological polar surface area (TPSA) is 58.6 Å². The molecular weight excluding hydrogens is 312 g/mol. The van der Waals surface area contributed by atoms with Crippen LogP contribution < -0.4 is 10.1 Å². The molecule has 1 fully saturated rings. The lowest BCUT2D eigenvalue weighted by Crippen LogP contribution is -2.41. The van der Waals surface area contributed by atoms with E-state index >= 15 is 0 Å². The van der Waals surface area contributed by atoms with E-state index in [1.807, 2.05) is 6.92 Å². The van der Waals surface area contributed by atoms with Gasteiger partial charge in [-0.25, -0.2) is 8.42 Å². The highest BCUT2D eigenvalue weighted by Crippen LogP contribution is 2.29. The van der Waals surface area contributed by atoms with Crippen LogP contribution in [0.25, 0.3) is 0 Å². The number of nitrogens with zero attached hydrogens (tertiary/aromatic N) is 1. The predicted octanol–water partition coefficient (Wildman–Crippen LogP) is 2.11. The fourth-order valence-electron chi connectivity index (χ4n) is 2.55. The predicted molar refractivity (Wildman–Crippen MR) is 83.5 cm³/mol. The monoisotopic (exact) mass is 332 g/mol. The average Bonchev–Trinajstić information content (AvgIpc) is 2.98. The molecular formula is C14H21ClN2O3S. The third kappa shape index (κ3) is 3.51. The van der Waals surface area contributed by atoms with Crippen molar-refractivity contribution in [2.75, 3.05) is 26.7 Å². The lowest BCUT2D eigenvalue weighted by molar-refractivity contribution is 0.335. The second-order valence-corrected chi connectivity index (χ2v) is 7.36. The number of benzene rings is 1. The van der Waals surface area contributed by atoms with Crippen LogP contribution >= 0.6 is 11.6 Å². The fourth-order valence-corrected chi connectivity index (χ4v) is 4.64. The number of hydrogen-bond donors (Lipinski definition) is 1. The van der Waals surface area contributed by atoms with Gasteiger partial charge in [0.05, 0.1) is 17.0 Å². The van der Waals surface area contributed by atoms with Gasteiger partial charge in [-0.2, -0.15) is 4.31 Å². The molecule has 1 aromatic rings. The first-order valence-corrected chi connectivity index (χ1v) is 8.88. The van der Waals surface area contributed by atoms with Crippen molar-refractivity contribution in [3.8, 4) is 5.75 Å². The standard InChI is InChI=1S/C14H21ClN2O3S/c1-3-8-17(11-6-7-16-10-11)21(18,19)12-4-5-14(20-2)13(15)9-12/h4-5,9,11,16H,3,6-8,10H2,1-2H3. The van der Waals surface area contributed by atoms with Crippen LogP contribution in [0.4, 0.5) is 0 Å². The van der Waals surface area contributed by atoms with Gasteiger partial charge in [0.25, 0.3) is 0 Å². The first kappa shape index (κ1) is 16.5. The van der Waals surface area contributed by atoms with Gasteiger partial charge in [0.15, 0.2) is 0 Å². The van der Waals surface area contributed by atoms with Crippen molar-refractivity contribution < 1.29 is 13.2 Å². The molecule has 1 unspecified atom stereocenters. The minimum Gasteiger partial charge on any atom is -0.495 e. The first-order chi connectivity index (χ1) is 10.0. The summed E-state index contributed by atoms with van der Waals surface area (Å²) in [5.74, 6) is 0.472. The van der Waals surface area contributed by atoms with Crippen LogP contribution in [0.3, 0.4) is 0 Å². The normalized spacial score (nSPS) is 19.1. The van der Waals surface area contributed by atoms with Gasteiger partial charge < -0.3 is 10.1 Å². The Balaban J connectivity index is 2.35. The minimum atomic E-state index is -3.54. The fraction of sp³-hybridized carbons (Fsp3) is 0.571. The van der Waals surface area contributed by atoms with Crippen molar-refractivity contribution in [1.82, 2.24) is 9.62 Å². The van der Waals surface area contributed by atoms with Gasteiger partial charge in [-0.05, 0) is 37.6 Å². The third-order valence-electron chi connectivity index (χ3n) is 3.62. The summed E-state index contributed by atoms with van der Waals surface area (Å²) in [7, 11) is -2.04. The molecule has 7 heteroatoms. The molecule has 2 rings (SSSR count). The van der Waals surface area contributed by atoms with Gasteiger partial charge in [0.2, 0.25) is 10.0 Å². The van der Waals surface area contributed by atoms with E-state index < -0.39 is 10.0 Å². The summed E-state index contributed by atoms with van der Waals surface area (Å²) in [4.78, 5) is 0.216. The summed E-state index contributed by atoms with van der Waals surface area (Å²) in [5.41, 5.74) is 0. The average molecular weight is 333 g/mol. The summed E-state index contributed by atoms with van der Waals surface area (Å²) in [6.07, 6.45) is 1.61. The van der Waals surface area contributed by atoms with Gasteiger partial charge in [0, 0.05) is 19.1 Å². The number of methoxy groups -OCH3 is 1. The van der Waals surface area contributed by atoms with E-state index in [9.17, 15) is 8.42 Å². The lowest BCUT2D eigenvalue weighted by atomic mass is 10.2. The van der Waals surface area contributed by atoms with Crippen LogP contribution in [0.15, 0.2) is 23.1 Å². The van der Waals surface area contributed by atoms with Gasteiger partial charge in [-0.1, -0.05) is 18.5 Å². The highest BCUT2D eigenvalue weighted by Gasteiger charge is 2.32. The van der Waals surface area contributed by atoms with Crippen LogP contribution in [0.1, 0.15) is 19.8 Å². The molecule has 5 nitrogen and oxygen atoms in total. The van der Waals surface area contributed by atoms with E-state index in [0.29, 0.717) is 23.9 Å². The molecule has 1 aliphatic heterocycles. The largest absolute Gasteiger partial charge is 0.495 e. The van der Waals surface area contributed by atoms with E-state index in [2.05, 4.69) is 5.32 Å². The summed E-state index contributed by atoms with van der Waals surface area (Å²) in [6.45, 7) is 4.04. The zero-order valence-corrected chi connectivity index (χ0v) is 13.9. The van der Waals surface area contributed by atoms with Gasteiger partial charge in [-0.15, -0.1) is 0 Å². The number of rotatable bonds is 6. The zero-order valence-electron chi connectivity index (χ0n) is 12.3. The molecule has 21 heavy (non-hydrogen) atoms. The van der Waals surface area contributed by atoms with Crippen LogP contribution in [0.2, 0.25) is 5.02 Å². The van der Waals surface area contributed by atoms with Crippen molar-refractivity contribution in [2.45, 2.75) is 30.7 Å². The summed E-state index contributed by atoms with van der Waals surface area (Å²) in [6, 6.07) is 4.61. The first-order valence-electron chi connectivity index (χ1n) is 7.06. The Hall–Kier alpha value is -0.820. The molecule has 118 valence electrons. The Morgan fingerprint density at radius 3 is 2.76 bits per heavy atom. The summed E-state index contributed by atoms with van der Waals surface area (Å²) < 4.78 is 32.4. The van der Waals surface area contributed by atoms with Crippen molar-refractivity contribution >= 4 is 21.6 Å². The van der Waals surface area contributed by atoms with E-state index in [0.717, 1.165) is 19.4 Å². The number of ether oxygens (including phenoxy) is 1. The van der Waals surface area contributed by atoms with E-state index in [4.69, 9.17) is 16.3 Å². The Morgan fingerprint density at radius 2 is 2.24 bits per heavy atom. The number of halogens is 1. The molecule has 0 aromatic heterocycles. The highest BCUT2D eigenvalue weighted by molar-refractivity contribution is 7.89. The van der Waals surface area contributed by atoms with Gasteiger partial charge in [-0.3, -0.25) is 0 Å². The molecule has 1 atom stereocenters. The molecule has 0 aliphatic carbocycles. The molecule has 0 amide bonds. The Kier molecular flexibility index (Phi) is 5.48. The summed E-state index contributed by atoms with van der Waals surface area (Å²) in [5, 5.41) is 3.52. The van der Waals surface area contributed by atoms with Crippen molar-refractivity contribution in [1.29, 1.82) is 0 Å². The molecule has 1 aliphatic rings. The van der Waals surface area contributed by atoms with Gasteiger partial charge >= 0.3 is 0 Å². The minimum absolute atomic E-state index is 0.0100. The Morgan fingerprint density at radius 1 is 1.48 bits per heavy atom. The summed E-state index contributed by atoms with van der Waals surface area (Å²) >= 11 is 6.06. The Labute approximate surface area is 131 Å². The molecule has 0 saturated carbocycles. The van der Waals surface area contributed by atoms with Crippen LogP contribution in [0.5, 0.6) is 5.75 Å². The third-order valence-corrected chi connectivity index (χ3v) is 5.86. The lowest BCUT2D eigenvalue weighted by Gasteiger charge is -2.27. The smallest absolute Gasteiger partial charge is 0.243 e. The van der Waals surface area contributed by atoms with E-state index in [-0.39, 0.29) is 10.9 Å². The molecule has 0 radical (unpaired) electrons. The molecule has 1 saturated heterocycles. The molecule has 1 heterocycles. The SMILES string of the molecule is CCCN(C1CCNC1)S(=O)(=O)c1ccc(OC)c(Cl)c1. The number of nitrogens with one attached hydrogen (secondary N) is 1. The molecule has 1 N–H and O–H groups in total. The van der Waals surface area contributed by atoms with Crippen LogP contribution in [0, 0.1) is 0 Å². The van der Waals surface area contributed by atoms with E-state index in [1.165, 1.54) is 13.2 Å². The second-order valence-electron chi connectivity index (χ2n) is 5.06. The van der Waals surface area contributed by atoms with Gasteiger partial charge in [0.1, 0.15) is 5.75 Å². The maximum Gasteiger partial charge on any atom is 0.243 e. The Bertz CT molecular complexity index is 586. The van der Waals surface area contributed by atoms with Crippen LogP contribution in [-0.4, -0.2) is 45.5 Å². The van der Waals surface area contributed by atoms with Crippen molar-refractivity contribution in [3.05, 3.63) is 23.2 Å². The zero-order chi connectivity index (χ0) is 15.5. The van der Waals surface area contributed by atoms with Crippen molar-refractivity contribution in [3.63, 3.8) is 0 Å².